The normalized spacial score (nSPS) is 24.2. The molecule has 1 fully saturated rings. The molecule has 0 radical (unpaired) electrons. The van der Waals surface area contributed by atoms with E-state index in [0.717, 1.165) is 6.54 Å². The monoisotopic (exact) mass is 256 g/mol. The zero-order valence-corrected chi connectivity index (χ0v) is 12.4. The second-order valence-corrected chi connectivity index (χ2v) is 6.97. The van der Waals surface area contributed by atoms with Crippen LogP contribution in [0.3, 0.4) is 0 Å². The van der Waals surface area contributed by atoms with Crippen LogP contribution in [-0.4, -0.2) is 17.2 Å². The molecular formula is C17H24N2. The molecule has 1 aromatic heterocycles. The Hall–Kier alpha value is -1.28. The van der Waals surface area contributed by atoms with Gasteiger partial charge in [-0.1, -0.05) is 39.0 Å². The number of aryl methyl sites for hydroxylation is 1. The largest absolute Gasteiger partial charge is 0.350 e. The van der Waals surface area contributed by atoms with Crippen LogP contribution >= 0.6 is 0 Å². The quantitative estimate of drug-likeness (QED) is 0.823. The molecule has 2 heterocycles. The van der Waals surface area contributed by atoms with Gasteiger partial charge >= 0.3 is 0 Å². The molecule has 1 aromatic carbocycles. The lowest BCUT2D eigenvalue weighted by atomic mass is 9.83. The summed E-state index contributed by atoms with van der Waals surface area (Å²) < 4.78 is 2.26. The predicted molar refractivity (Wildman–Crippen MR) is 81.5 cm³/mol. The van der Waals surface area contributed by atoms with Gasteiger partial charge in [0, 0.05) is 36.7 Å². The summed E-state index contributed by atoms with van der Waals surface area (Å²) in [4.78, 5) is 0. The summed E-state index contributed by atoms with van der Waals surface area (Å²) in [6.07, 6.45) is 3.57. The van der Waals surface area contributed by atoms with Gasteiger partial charge in [0.2, 0.25) is 0 Å². The first-order valence-electron chi connectivity index (χ1n) is 7.24. The van der Waals surface area contributed by atoms with E-state index in [4.69, 9.17) is 0 Å². The van der Waals surface area contributed by atoms with Crippen molar-refractivity contribution in [3.63, 3.8) is 0 Å². The van der Waals surface area contributed by atoms with Gasteiger partial charge in [0.15, 0.2) is 0 Å². The highest BCUT2D eigenvalue weighted by Crippen LogP contribution is 2.37. The van der Waals surface area contributed by atoms with Crippen LogP contribution in [-0.2, 0) is 7.05 Å². The van der Waals surface area contributed by atoms with E-state index < -0.39 is 0 Å². The van der Waals surface area contributed by atoms with Crippen molar-refractivity contribution in [3.05, 3.63) is 36.0 Å². The van der Waals surface area contributed by atoms with E-state index in [1.165, 1.54) is 22.9 Å². The van der Waals surface area contributed by atoms with Gasteiger partial charge in [-0.25, -0.2) is 0 Å². The average Bonchev–Trinajstić information content (AvgIpc) is 2.94. The van der Waals surface area contributed by atoms with E-state index in [-0.39, 0.29) is 0 Å². The Morgan fingerprint density at radius 1 is 1.21 bits per heavy atom. The molecule has 19 heavy (non-hydrogen) atoms. The predicted octanol–water partition coefficient (Wildman–Crippen LogP) is 3.67. The van der Waals surface area contributed by atoms with Crippen LogP contribution in [0.2, 0.25) is 0 Å². The molecule has 0 spiro atoms. The summed E-state index contributed by atoms with van der Waals surface area (Å²) in [6, 6.07) is 9.36. The maximum atomic E-state index is 3.71. The van der Waals surface area contributed by atoms with Crippen molar-refractivity contribution in [1.82, 2.24) is 9.88 Å². The van der Waals surface area contributed by atoms with Crippen LogP contribution in [0.5, 0.6) is 0 Å². The third-order valence-electron chi connectivity index (χ3n) is 4.54. The van der Waals surface area contributed by atoms with Crippen molar-refractivity contribution in [3.8, 4) is 0 Å². The minimum Gasteiger partial charge on any atom is -0.350 e. The molecule has 2 heteroatoms. The van der Waals surface area contributed by atoms with Crippen LogP contribution in [0.25, 0.3) is 10.9 Å². The Morgan fingerprint density at radius 3 is 2.63 bits per heavy atom. The van der Waals surface area contributed by atoms with Crippen molar-refractivity contribution in [2.75, 3.05) is 6.54 Å². The highest BCUT2D eigenvalue weighted by Gasteiger charge is 2.34. The Kier molecular flexibility index (Phi) is 2.94. The zero-order chi connectivity index (χ0) is 13.6. The average molecular weight is 256 g/mol. The van der Waals surface area contributed by atoms with Crippen LogP contribution in [0.4, 0.5) is 0 Å². The Bertz CT molecular complexity index is 589. The van der Waals surface area contributed by atoms with Gasteiger partial charge in [0.1, 0.15) is 0 Å². The number of hydrogen-bond donors (Lipinski definition) is 1. The Labute approximate surface area is 115 Å². The van der Waals surface area contributed by atoms with Gasteiger partial charge < -0.3 is 9.88 Å². The number of aromatic nitrogens is 1. The first-order chi connectivity index (χ1) is 8.97. The molecule has 1 N–H and O–H groups in total. The van der Waals surface area contributed by atoms with Crippen LogP contribution in [0, 0.1) is 5.41 Å². The molecule has 2 nitrogen and oxygen atoms in total. The molecule has 2 unspecified atom stereocenters. The van der Waals surface area contributed by atoms with Crippen LogP contribution in [0.15, 0.2) is 30.5 Å². The summed E-state index contributed by atoms with van der Waals surface area (Å²) in [5.41, 5.74) is 3.20. The number of fused-ring (bicyclic) bond motifs is 1. The van der Waals surface area contributed by atoms with Crippen molar-refractivity contribution in [1.29, 1.82) is 0 Å². The van der Waals surface area contributed by atoms with Gasteiger partial charge in [-0.3, -0.25) is 0 Å². The molecular weight excluding hydrogens is 232 g/mol. The van der Waals surface area contributed by atoms with Crippen LogP contribution < -0.4 is 5.32 Å². The van der Waals surface area contributed by atoms with E-state index in [2.05, 4.69) is 68.2 Å². The summed E-state index contributed by atoms with van der Waals surface area (Å²) in [5.74, 6) is 0.648. The van der Waals surface area contributed by atoms with E-state index in [1.54, 1.807) is 0 Å². The molecule has 1 aliphatic rings. The second-order valence-electron chi connectivity index (χ2n) is 6.97. The molecule has 2 atom stereocenters. The van der Waals surface area contributed by atoms with E-state index in [9.17, 15) is 0 Å². The van der Waals surface area contributed by atoms with Crippen molar-refractivity contribution < 1.29 is 0 Å². The fraction of sp³-hybridized carbons (Fsp3) is 0.529. The third kappa shape index (κ3) is 2.18. The first-order valence-corrected chi connectivity index (χ1v) is 7.24. The first kappa shape index (κ1) is 12.7. The molecule has 102 valence electrons. The Balaban J connectivity index is 1.94. The second kappa shape index (κ2) is 4.38. The molecule has 2 aromatic rings. The van der Waals surface area contributed by atoms with Gasteiger partial charge in [-0.2, -0.15) is 0 Å². The lowest BCUT2D eigenvalue weighted by Gasteiger charge is -2.27. The third-order valence-corrected chi connectivity index (χ3v) is 4.54. The van der Waals surface area contributed by atoms with Crippen molar-refractivity contribution in [2.24, 2.45) is 12.5 Å². The van der Waals surface area contributed by atoms with Gasteiger partial charge in [-0.15, -0.1) is 0 Å². The summed E-state index contributed by atoms with van der Waals surface area (Å²) in [6.45, 7) is 8.10. The van der Waals surface area contributed by atoms with Gasteiger partial charge in [0.05, 0.1) is 0 Å². The fourth-order valence-corrected chi connectivity index (χ4v) is 3.33. The van der Waals surface area contributed by atoms with Crippen molar-refractivity contribution in [2.45, 2.75) is 39.2 Å². The number of para-hydroxylation sites is 1. The topological polar surface area (TPSA) is 17.0 Å². The Morgan fingerprint density at radius 2 is 1.95 bits per heavy atom. The standard InChI is InChI=1S/C17H24N2/c1-17(2,3)16-9-12(10-18-16)14-11-19(4)15-8-6-5-7-13(14)15/h5-8,11-12,16,18H,9-10H2,1-4H3. The molecule has 3 rings (SSSR count). The number of rotatable bonds is 1. The minimum atomic E-state index is 0.347. The molecule has 0 aliphatic carbocycles. The summed E-state index contributed by atoms with van der Waals surface area (Å²) in [7, 11) is 2.15. The van der Waals surface area contributed by atoms with Crippen LogP contribution in [0.1, 0.15) is 38.7 Å². The SMILES string of the molecule is Cn1cc(C2CNC(C(C)(C)C)C2)c2ccccc21. The van der Waals surface area contributed by atoms with E-state index in [1.807, 2.05) is 0 Å². The molecule has 0 bridgehead atoms. The van der Waals surface area contributed by atoms with Crippen molar-refractivity contribution >= 4 is 10.9 Å². The van der Waals surface area contributed by atoms with Gasteiger partial charge in [-0.05, 0) is 29.4 Å². The minimum absolute atomic E-state index is 0.347. The fourth-order valence-electron chi connectivity index (χ4n) is 3.33. The maximum Gasteiger partial charge on any atom is 0.0480 e. The molecule has 1 aliphatic heterocycles. The lowest BCUT2D eigenvalue weighted by Crippen LogP contribution is -2.34. The number of nitrogens with one attached hydrogen (secondary N) is 1. The number of benzene rings is 1. The molecule has 1 saturated heterocycles. The highest BCUT2D eigenvalue weighted by molar-refractivity contribution is 5.84. The lowest BCUT2D eigenvalue weighted by molar-refractivity contribution is 0.293. The number of hydrogen-bond acceptors (Lipinski definition) is 1. The van der Waals surface area contributed by atoms with E-state index in [0.29, 0.717) is 17.4 Å². The smallest absolute Gasteiger partial charge is 0.0480 e. The summed E-state index contributed by atoms with van der Waals surface area (Å²) >= 11 is 0. The zero-order valence-electron chi connectivity index (χ0n) is 12.4. The summed E-state index contributed by atoms with van der Waals surface area (Å²) in [5, 5.41) is 5.13. The maximum absolute atomic E-state index is 3.71. The molecule has 0 saturated carbocycles. The number of nitrogens with zero attached hydrogens (tertiary/aromatic N) is 1. The highest BCUT2D eigenvalue weighted by atomic mass is 15.0. The van der Waals surface area contributed by atoms with E-state index >= 15 is 0 Å². The molecule has 0 amide bonds. The van der Waals surface area contributed by atoms with Gasteiger partial charge in [0.25, 0.3) is 0 Å².